The van der Waals surface area contributed by atoms with Crippen molar-refractivity contribution < 1.29 is 8.42 Å². The van der Waals surface area contributed by atoms with Gasteiger partial charge in [-0.25, -0.2) is 8.42 Å². The average molecular weight is 315 g/mol. The van der Waals surface area contributed by atoms with Crippen LogP contribution < -0.4 is 5.32 Å². The summed E-state index contributed by atoms with van der Waals surface area (Å²) in [6.45, 7) is 3.09. The van der Waals surface area contributed by atoms with E-state index in [0.29, 0.717) is 12.3 Å². The van der Waals surface area contributed by atoms with Gasteiger partial charge in [-0.3, -0.25) is 9.88 Å². The minimum atomic E-state index is -3.04. The number of thioether (sulfide) groups is 1. The Bertz CT molecular complexity index is 548. The van der Waals surface area contributed by atoms with Crippen molar-refractivity contribution in [2.75, 3.05) is 36.2 Å². The van der Waals surface area contributed by atoms with Crippen molar-refractivity contribution in [2.24, 2.45) is 0 Å². The van der Waals surface area contributed by atoms with Crippen molar-refractivity contribution in [3.63, 3.8) is 0 Å². The lowest BCUT2D eigenvalue weighted by Gasteiger charge is -2.34. The van der Waals surface area contributed by atoms with E-state index in [4.69, 9.17) is 0 Å². The van der Waals surface area contributed by atoms with Gasteiger partial charge in [-0.05, 0) is 12.1 Å². The summed E-state index contributed by atoms with van der Waals surface area (Å²) in [5.74, 6) is 1.82. The Balaban J connectivity index is 2.16. The van der Waals surface area contributed by atoms with Crippen LogP contribution in [0.4, 0.5) is 5.69 Å². The predicted molar refractivity (Wildman–Crippen MR) is 84.8 cm³/mol. The maximum Gasteiger partial charge on any atom is 0.166 e. The molecule has 1 aromatic heterocycles. The van der Waals surface area contributed by atoms with Crippen LogP contribution in [0.1, 0.15) is 12.6 Å². The number of nitrogens with one attached hydrogen (secondary N) is 1. The zero-order valence-corrected chi connectivity index (χ0v) is 13.5. The molecular weight excluding hydrogens is 294 g/mol. The Morgan fingerprint density at radius 1 is 1.55 bits per heavy atom. The Morgan fingerprint density at radius 2 is 2.35 bits per heavy atom. The normalized spacial score (nSPS) is 20.8. The zero-order valence-electron chi connectivity index (χ0n) is 11.9. The lowest BCUT2D eigenvalue weighted by molar-refractivity contribution is 0.259. The van der Waals surface area contributed by atoms with Crippen LogP contribution in [-0.4, -0.2) is 54.5 Å². The van der Waals surface area contributed by atoms with E-state index in [2.05, 4.69) is 10.3 Å². The minimum Gasteiger partial charge on any atom is -0.388 e. The van der Waals surface area contributed by atoms with E-state index in [1.54, 1.807) is 24.9 Å². The number of anilines is 1. The minimum absolute atomic E-state index is 0.193. The molecule has 1 aromatic rings. The molecule has 112 valence electrons. The smallest absolute Gasteiger partial charge is 0.166 e. The molecule has 1 fully saturated rings. The maximum atomic E-state index is 12.2. The molecule has 1 aliphatic heterocycles. The van der Waals surface area contributed by atoms with Crippen molar-refractivity contribution in [1.29, 1.82) is 0 Å². The van der Waals surface area contributed by atoms with Crippen molar-refractivity contribution in [3.8, 4) is 0 Å². The lowest BCUT2D eigenvalue weighted by Crippen LogP contribution is -2.47. The number of hydrogen-bond donors (Lipinski definition) is 1. The van der Waals surface area contributed by atoms with Crippen molar-refractivity contribution >= 4 is 27.3 Å². The first-order valence-corrected chi connectivity index (χ1v) is 9.60. The van der Waals surface area contributed by atoms with Crippen molar-refractivity contribution in [3.05, 3.63) is 24.0 Å². The summed E-state index contributed by atoms with van der Waals surface area (Å²) >= 11 is 1.71. The molecule has 2 heterocycles. The second-order valence-electron chi connectivity index (χ2n) is 4.74. The van der Waals surface area contributed by atoms with E-state index in [-0.39, 0.29) is 11.1 Å². The first-order valence-electron chi connectivity index (χ1n) is 6.73. The van der Waals surface area contributed by atoms with Gasteiger partial charge < -0.3 is 5.32 Å². The zero-order chi connectivity index (χ0) is 14.6. The van der Waals surface area contributed by atoms with Crippen molar-refractivity contribution in [1.82, 2.24) is 9.88 Å². The van der Waals surface area contributed by atoms with Gasteiger partial charge in [0.25, 0.3) is 0 Å². The largest absolute Gasteiger partial charge is 0.388 e. The SMILES string of the molecule is CCS(=O)(=O)C1CSCCN1Cc1cc(NC)ccn1. The molecule has 1 saturated heterocycles. The molecule has 0 saturated carbocycles. The van der Waals surface area contributed by atoms with E-state index < -0.39 is 9.84 Å². The van der Waals surface area contributed by atoms with Gasteiger partial charge in [-0.1, -0.05) is 6.92 Å². The number of aromatic nitrogens is 1. The van der Waals surface area contributed by atoms with Crippen LogP contribution in [0.15, 0.2) is 18.3 Å². The Labute approximate surface area is 125 Å². The Kier molecular flexibility index (Phi) is 5.29. The highest BCUT2D eigenvalue weighted by molar-refractivity contribution is 8.01. The number of nitrogens with zero attached hydrogens (tertiary/aromatic N) is 2. The van der Waals surface area contributed by atoms with Crippen LogP contribution in [-0.2, 0) is 16.4 Å². The molecule has 20 heavy (non-hydrogen) atoms. The highest BCUT2D eigenvalue weighted by atomic mass is 32.2. The standard InChI is InChI=1S/C13H21N3O2S2/c1-3-20(17,18)13-10-19-7-6-16(13)9-12-8-11(14-2)4-5-15-12/h4-5,8,13H,3,6-7,9-10H2,1-2H3,(H,14,15). The number of sulfone groups is 1. The van der Waals surface area contributed by atoms with Gasteiger partial charge >= 0.3 is 0 Å². The number of hydrogen-bond acceptors (Lipinski definition) is 6. The van der Waals surface area contributed by atoms with Gasteiger partial charge in [-0.2, -0.15) is 11.8 Å². The summed E-state index contributed by atoms with van der Waals surface area (Å²) in [4.78, 5) is 6.38. The van der Waals surface area contributed by atoms with Gasteiger partial charge in [0.05, 0.1) is 5.69 Å². The summed E-state index contributed by atoms with van der Waals surface area (Å²) < 4.78 is 24.4. The summed E-state index contributed by atoms with van der Waals surface area (Å²) in [5, 5.41) is 2.69. The molecule has 0 aromatic carbocycles. The third kappa shape index (κ3) is 3.65. The van der Waals surface area contributed by atoms with Crippen molar-refractivity contribution in [2.45, 2.75) is 18.8 Å². The van der Waals surface area contributed by atoms with Crippen LogP contribution in [0.2, 0.25) is 0 Å². The molecule has 0 aliphatic carbocycles. The predicted octanol–water partition coefficient (Wildman–Crippen LogP) is 1.43. The van der Waals surface area contributed by atoms with E-state index in [1.165, 1.54) is 0 Å². The van der Waals surface area contributed by atoms with Crippen LogP contribution in [0, 0.1) is 0 Å². The van der Waals surface area contributed by atoms with Gasteiger partial charge in [0.2, 0.25) is 0 Å². The van der Waals surface area contributed by atoms with Gasteiger partial charge in [-0.15, -0.1) is 0 Å². The molecule has 2 rings (SSSR count). The van der Waals surface area contributed by atoms with Crippen LogP contribution in [0.3, 0.4) is 0 Å². The molecule has 1 atom stereocenters. The maximum absolute atomic E-state index is 12.2. The van der Waals surface area contributed by atoms with Gasteiger partial charge in [0.15, 0.2) is 9.84 Å². The fraction of sp³-hybridized carbons (Fsp3) is 0.615. The number of pyridine rings is 1. The topological polar surface area (TPSA) is 62.3 Å². The monoisotopic (exact) mass is 315 g/mol. The molecule has 0 amide bonds. The van der Waals surface area contributed by atoms with Gasteiger partial charge in [0, 0.05) is 49.3 Å². The fourth-order valence-corrected chi connectivity index (χ4v) is 5.33. The summed E-state index contributed by atoms with van der Waals surface area (Å²) in [5.41, 5.74) is 1.90. The van der Waals surface area contributed by atoms with Gasteiger partial charge in [0.1, 0.15) is 5.37 Å². The first-order chi connectivity index (χ1) is 9.56. The van der Waals surface area contributed by atoms with Crippen LogP contribution >= 0.6 is 11.8 Å². The molecule has 1 N–H and O–H groups in total. The Hall–Kier alpha value is -0.790. The number of rotatable bonds is 5. The molecular formula is C13H21N3O2S2. The molecule has 5 nitrogen and oxygen atoms in total. The van der Waals surface area contributed by atoms with E-state index in [9.17, 15) is 8.42 Å². The highest BCUT2D eigenvalue weighted by Crippen LogP contribution is 2.23. The molecule has 0 spiro atoms. The first kappa shape index (κ1) is 15.6. The molecule has 7 heteroatoms. The second-order valence-corrected chi connectivity index (χ2v) is 8.33. The molecule has 0 bridgehead atoms. The molecule has 1 unspecified atom stereocenters. The lowest BCUT2D eigenvalue weighted by atomic mass is 10.3. The van der Waals surface area contributed by atoms with Crippen LogP contribution in [0.25, 0.3) is 0 Å². The van der Waals surface area contributed by atoms with E-state index in [1.807, 2.05) is 24.1 Å². The highest BCUT2D eigenvalue weighted by Gasteiger charge is 2.32. The average Bonchev–Trinajstić information content (AvgIpc) is 2.48. The van der Waals surface area contributed by atoms with E-state index >= 15 is 0 Å². The summed E-state index contributed by atoms with van der Waals surface area (Å²) in [6.07, 6.45) is 1.75. The second kappa shape index (κ2) is 6.78. The summed E-state index contributed by atoms with van der Waals surface area (Å²) in [7, 11) is -1.18. The fourth-order valence-electron chi connectivity index (χ4n) is 2.25. The molecule has 1 aliphatic rings. The quantitative estimate of drug-likeness (QED) is 0.887. The molecule has 0 radical (unpaired) electrons. The third-order valence-electron chi connectivity index (χ3n) is 3.48. The van der Waals surface area contributed by atoms with E-state index in [0.717, 1.165) is 23.7 Å². The third-order valence-corrected chi connectivity index (χ3v) is 6.81. The van der Waals surface area contributed by atoms with Crippen LogP contribution in [0.5, 0.6) is 0 Å². The Morgan fingerprint density at radius 3 is 3.05 bits per heavy atom. The summed E-state index contributed by atoms with van der Waals surface area (Å²) in [6, 6.07) is 3.87.